The summed E-state index contributed by atoms with van der Waals surface area (Å²) in [7, 11) is -0.201. The molecule has 0 aliphatic heterocycles. The van der Waals surface area contributed by atoms with Crippen LogP contribution in [0, 0.1) is 0 Å². The summed E-state index contributed by atoms with van der Waals surface area (Å²) in [4.78, 5) is 0. The third-order valence-corrected chi connectivity index (χ3v) is 6.45. The zero-order valence-corrected chi connectivity index (χ0v) is 10.2. The van der Waals surface area contributed by atoms with Crippen molar-refractivity contribution in [2.45, 2.75) is 46.5 Å². The van der Waals surface area contributed by atoms with Crippen LogP contribution in [0.15, 0.2) is 0 Å². The van der Waals surface area contributed by atoms with Crippen LogP contribution in [0.2, 0.25) is 0 Å². The standard InChI is InChI=1S/C11H26S/c1-5-8-11-12(4,9-6-2)10-7-3/h5-11H2,1-4H3. The van der Waals surface area contributed by atoms with Gasteiger partial charge in [-0.15, -0.1) is 0 Å². The minimum atomic E-state index is -0.201. The molecule has 1 heteroatoms. The minimum absolute atomic E-state index is 0.201. The van der Waals surface area contributed by atoms with Gasteiger partial charge in [0.1, 0.15) is 0 Å². The Morgan fingerprint density at radius 1 is 0.750 bits per heavy atom. The van der Waals surface area contributed by atoms with Gasteiger partial charge in [-0.1, -0.05) is 27.2 Å². The van der Waals surface area contributed by atoms with Crippen molar-refractivity contribution in [2.75, 3.05) is 23.5 Å². The van der Waals surface area contributed by atoms with Gasteiger partial charge in [-0.05, 0) is 42.8 Å². The molecule has 0 atom stereocenters. The van der Waals surface area contributed by atoms with Crippen LogP contribution in [0.3, 0.4) is 0 Å². The average molecular weight is 190 g/mol. The third kappa shape index (κ3) is 5.08. The molecule has 0 rings (SSSR count). The van der Waals surface area contributed by atoms with Crippen molar-refractivity contribution in [2.24, 2.45) is 0 Å². The van der Waals surface area contributed by atoms with Gasteiger partial charge in [0.15, 0.2) is 0 Å². The van der Waals surface area contributed by atoms with Gasteiger partial charge in [-0.3, -0.25) is 0 Å². The summed E-state index contributed by atoms with van der Waals surface area (Å²) in [6, 6.07) is 0. The first kappa shape index (κ1) is 12.3. The zero-order chi connectivity index (χ0) is 9.45. The third-order valence-electron chi connectivity index (χ3n) is 2.38. The van der Waals surface area contributed by atoms with Crippen LogP contribution in [-0.4, -0.2) is 23.5 Å². The van der Waals surface area contributed by atoms with Gasteiger partial charge in [-0.25, -0.2) is 10.0 Å². The lowest BCUT2D eigenvalue weighted by molar-refractivity contribution is 0.885. The van der Waals surface area contributed by atoms with E-state index < -0.39 is 0 Å². The maximum absolute atomic E-state index is 2.55. The molecule has 0 amide bonds. The van der Waals surface area contributed by atoms with E-state index in [-0.39, 0.29) is 10.0 Å². The highest BCUT2D eigenvalue weighted by Gasteiger charge is 2.14. The molecule has 0 spiro atoms. The van der Waals surface area contributed by atoms with Gasteiger partial charge in [0.05, 0.1) is 0 Å². The molecular formula is C11H26S. The fraction of sp³-hybridized carbons (Fsp3) is 1.00. The molecule has 0 heterocycles. The van der Waals surface area contributed by atoms with Crippen LogP contribution in [-0.2, 0) is 0 Å². The second-order valence-corrected chi connectivity index (χ2v) is 8.13. The highest BCUT2D eigenvalue weighted by atomic mass is 32.3. The Hall–Kier alpha value is 0.350. The van der Waals surface area contributed by atoms with Gasteiger partial charge >= 0.3 is 0 Å². The molecule has 0 saturated carbocycles. The summed E-state index contributed by atoms with van der Waals surface area (Å²) < 4.78 is 0. The molecule has 12 heavy (non-hydrogen) atoms. The van der Waals surface area contributed by atoms with Gasteiger partial charge in [0, 0.05) is 0 Å². The van der Waals surface area contributed by atoms with E-state index in [0.29, 0.717) is 0 Å². The lowest BCUT2D eigenvalue weighted by Gasteiger charge is -2.35. The Balaban J connectivity index is 3.80. The van der Waals surface area contributed by atoms with Gasteiger partial charge in [-0.2, -0.15) is 0 Å². The number of hydrogen-bond acceptors (Lipinski definition) is 0. The Bertz CT molecular complexity index is 93.2. The second-order valence-electron chi connectivity index (χ2n) is 3.94. The van der Waals surface area contributed by atoms with Crippen molar-refractivity contribution < 1.29 is 0 Å². The summed E-state index contributed by atoms with van der Waals surface area (Å²) in [5.41, 5.74) is 0. The van der Waals surface area contributed by atoms with Crippen LogP contribution >= 0.6 is 10.0 Å². The molecule has 76 valence electrons. The molecular weight excluding hydrogens is 164 g/mol. The first-order valence-electron chi connectivity index (χ1n) is 5.40. The van der Waals surface area contributed by atoms with Crippen molar-refractivity contribution in [1.82, 2.24) is 0 Å². The summed E-state index contributed by atoms with van der Waals surface area (Å²) in [6.45, 7) is 6.96. The van der Waals surface area contributed by atoms with Crippen molar-refractivity contribution in [1.29, 1.82) is 0 Å². The van der Waals surface area contributed by atoms with E-state index in [1.807, 2.05) is 0 Å². The lowest BCUT2D eigenvalue weighted by atomic mass is 10.4. The Kier molecular flexibility index (Phi) is 7.02. The van der Waals surface area contributed by atoms with E-state index in [1.54, 1.807) is 0 Å². The number of rotatable bonds is 7. The maximum atomic E-state index is 2.55. The van der Waals surface area contributed by atoms with Gasteiger partial charge in [0.25, 0.3) is 0 Å². The predicted molar refractivity (Wildman–Crippen MR) is 63.6 cm³/mol. The fourth-order valence-electron chi connectivity index (χ4n) is 1.78. The number of hydrogen-bond donors (Lipinski definition) is 0. The average Bonchev–Trinajstić information content (AvgIpc) is 2.02. The van der Waals surface area contributed by atoms with E-state index in [2.05, 4.69) is 27.0 Å². The van der Waals surface area contributed by atoms with Crippen LogP contribution in [0.4, 0.5) is 0 Å². The first-order chi connectivity index (χ1) is 5.68. The van der Waals surface area contributed by atoms with Crippen molar-refractivity contribution in [3.63, 3.8) is 0 Å². The van der Waals surface area contributed by atoms with Crippen LogP contribution in [0.5, 0.6) is 0 Å². The largest absolute Gasteiger partial charge is 0.244 e. The lowest BCUT2D eigenvalue weighted by Crippen LogP contribution is -2.11. The van der Waals surface area contributed by atoms with Crippen molar-refractivity contribution in [3.8, 4) is 0 Å². The molecule has 0 aromatic carbocycles. The molecule has 0 N–H and O–H groups in total. The second kappa shape index (κ2) is 6.82. The monoisotopic (exact) mass is 190 g/mol. The van der Waals surface area contributed by atoms with E-state index in [9.17, 15) is 0 Å². The smallest absolute Gasteiger partial charge is 0.0230 e. The SMILES string of the molecule is CCCCS(C)(CCC)CCC. The molecule has 0 unspecified atom stereocenters. The normalized spacial score (nSPS) is 13.3. The first-order valence-corrected chi connectivity index (χ1v) is 7.94. The van der Waals surface area contributed by atoms with E-state index in [4.69, 9.17) is 0 Å². The molecule has 0 aliphatic rings. The Labute approximate surface area is 80.4 Å². The summed E-state index contributed by atoms with van der Waals surface area (Å²) in [6.07, 6.45) is 8.14. The fourth-order valence-corrected chi connectivity index (χ4v) is 5.35. The molecule has 0 fully saturated rings. The molecule has 0 aromatic rings. The molecule has 0 radical (unpaired) electrons. The highest BCUT2D eigenvalue weighted by Crippen LogP contribution is 2.45. The number of unbranched alkanes of at least 4 members (excludes halogenated alkanes) is 1. The van der Waals surface area contributed by atoms with E-state index >= 15 is 0 Å². The summed E-state index contributed by atoms with van der Waals surface area (Å²) in [5, 5.41) is 0. The topological polar surface area (TPSA) is 0 Å². The quantitative estimate of drug-likeness (QED) is 0.568. The summed E-state index contributed by atoms with van der Waals surface area (Å²) in [5.74, 6) is 4.52. The molecule has 0 bridgehead atoms. The predicted octanol–water partition coefficient (Wildman–Crippen LogP) is 4.04. The Morgan fingerprint density at radius 2 is 1.25 bits per heavy atom. The van der Waals surface area contributed by atoms with Crippen LogP contribution < -0.4 is 0 Å². The van der Waals surface area contributed by atoms with E-state index in [0.717, 1.165) is 0 Å². The summed E-state index contributed by atoms with van der Waals surface area (Å²) >= 11 is 0. The van der Waals surface area contributed by atoms with Crippen molar-refractivity contribution in [3.05, 3.63) is 0 Å². The molecule has 0 saturated heterocycles. The molecule has 0 aliphatic carbocycles. The minimum Gasteiger partial charge on any atom is -0.244 e. The molecule has 0 nitrogen and oxygen atoms in total. The zero-order valence-electron chi connectivity index (χ0n) is 9.36. The van der Waals surface area contributed by atoms with Gasteiger partial charge < -0.3 is 0 Å². The van der Waals surface area contributed by atoms with Crippen LogP contribution in [0.1, 0.15) is 46.5 Å². The van der Waals surface area contributed by atoms with Crippen molar-refractivity contribution >= 4 is 10.0 Å². The maximum Gasteiger partial charge on any atom is -0.0230 e. The Morgan fingerprint density at radius 3 is 1.58 bits per heavy atom. The van der Waals surface area contributed by atoms with Gasteiger partial charge in [0.2, 0.25) is 0 Å². The highest BCUT2D eigenvalue weighted by molar-refractivity contribution is 8.33. The van der Waals surface area contributed by atoms with E-state index in [1.165, 1.54) is 42.9 Å². The molecule has 0 aromatic heterocycles. The van der Waals surface area contributed by atoms with Crippen LogP contribution in [0.25, 0.3) is 0 Å².